The molecule has 0 aliphatic rings. The van der Waals surface area contributed by atoms with Crippen LogP contribution in [0.15, 0.2) is 46.6 Å². The summed E-state index contributed by atoms with van der Waals surface area (Å²) in [6.45, 7) is 22.2. The lowest BCUT2D eigenvalue weighted by atomic mass is 9.90. The van der Waals surface area contributed by atoms with Gasteiger partial charge >= 0.3 is 0 Å². The van der Waals surface area contributed by atoms with Crippen LogP contribution in [0, 0.1) is 17.8 Å². The number of rotatable bonds is 26. The van der Waals surface area contributed by atoms with Gasteiger partial charge in [-0.1, -0.05) is 93.1 Å². The molecule has 0 heterocycles. The molecule has 0 aliphatic carbocycles. The van der Waals surface area contributed by atoms with Gasteiger partial charge in [0.15, 0.2) is 5.78 Å². The summed E-state index contributed by atoms with van der Waals surface area (Å²) in [5.74, 6) is 2.43. The smallest absolute Gasteiger partial charge is 0.164 e. The first-order valence-corrected chi connectivity index (χ1v) is 17.9. The minimum Gasteiger partial charge on any atom is -0.371 e. The number of carbonyl (C=O) groups is 1. The second-order valence-electron chi connectivity index (χ2n) is 14.8. The van der Waals surface area contributed by atoms with E-state index in [0.29, 0.717) is 12.3 Å². The zero-order valence-electron chi connectivity index (χ0n) is 30.9. The number of ether oxygens (including phenoxy) is 1. The highest BCUT2D eigenvalue weighted by Gasteiger charge is 2.26. The number of unbranched alkanes of at least 4 members (excludes halogenated alkanes) is 1. The molecule has 2 nitrogen and oxygen atoms in total. The molecule has 0 saturated carbocycles. The fourth-order valence-electron chi connectivity index (χ4n) is 5.62. The van der Waals surface area contributed by atoms with E-state index in [1.807, 2.05) is 13.8 Å². The third-order valence-electron chi connectivity index (χ3n) is 9.37. The van der Waals surface area contributed by atoms with Crippen LogP contribution in [0.25, 0.3) is 0 Å². The Hall–Kier alpha value is -1.41. The first-order chi connectivity index (χ1) is 20.3. The van der Waals surface area contributed by atoms with Crippen LogP contribution in [0.5, 0.6) is 0 Å². The highest BCUT2D eigenvalue weighted by atomic mass is 16.5. The Kier molecular flexibility index (Phi) is 24.0. The number of hydrogen-bond donors (Lipinski definition) is 0. The van der Waals surface area contributed by atoms with Crippen LogP contribution < -0.4 is 0 Å². The van der Waals surface area contributed by atoms with E-state index >= 15 is 0 Å². The maximum absolute atomic E-state index is 12.3. The Balaban J connectivity index is 3.96. The lowest BCUT2D eigenvalue weighted by Gasteiger charge is -2.22. The van der Waals surface area contributed by atoms with Gasteiger partial charge in [-0.2, -0.15) is 0 Å². The number of ketones is 1. The van der Waals surface area contributed by atoms with Crippen LogP contribution in [0.4, 0.5) is 0 Å². The Morgan fingerprint density at radius 2 is 1.02 bits per heavy atom. The number of hydrogen-bond acceptors (Lipinski definition) is 2. The first-order valence-electron chi connectivity index (χ1n) is 17.9. The SMILES string of the molecule is COC(C)(C)C(=O)CCC(C)CCCC(C)CCC/C(C)=C/CCC/C(C)=C/CC[C@H](C)CC/C=C(\C)CCC=C(C)C. The molecule has 3 atom stereocenters. The average molecular weight is 599 g/mol. The molecular formula is C41H74O2. The highest BCUT2D eigenvalue weighted by Crippen LogP contribution is 2.23. The Bertz CT molecular complexity index is 849. The molecule has 0 saturated heterocycles. The molecular weight excluding hydrogens is 524 g/mol. The van der Waals surface area contributed by atoms with Gasteiger partial charge in [0.25, 0.3) is 0 Å². The third kappa shape index (κ3) is 24.6. The first kappa shape index (κ1) is 41.6. The van der Waals surface area contributed by atoms with Gasteiger partial charge in [-0.05, 0) is 143 Å². The monoisotopic (exact) mass is 599 g/mol. The van der Waals surface area contributed by atoms with Crippen LogP contribution in [-0.4, -0.2) is 18.5 Å². The van der Waals surface area contributed by atoms with Gasteiger partial charge in [0.05, 0.1) is 0 Å². The second-order valence-corrected chi connectivity index (χ2v) is 14.8. The van der Waals surface area contributed by atoms with Crippen LogP contribution in [0.3, 0.4) is 0 Å². The summed E-state index contributed by atoms with van der Waals surface area (Å²) < 4.78 is 5.32. The van der Waals surface area contributed by atoms with Gasteiger partial charge in [-0.25, -0.2) is 0 Å². The third-order valence-corrected chi connectivity index (χ3v) is 9.37. The van der Waals surface area contributed by atoms with Crippen LogP contribution in [0.1, 0.15) is 178 Å². The van der Waals surface area contributed by atoms with Crippen LogP contribution in [-0.2, 0) is 9.53 Å². The lowest BCUT2D eigenvalue weighted by Crippen LogP contribution is -2.33. The summed E-state index contributed by atoms with van der Waals surface area (Å²) in [6, 6.07) is 0. The van der Waals surface area contributed by atoms with Gasteiger partial charge in [-0.3, -0.25) is 4.79 Å². The van der Waals surface area contributed by atoms with E-state index in [1.165, 1.54) is 102 Å². The molecule has 0 aromatic carbocycles. The van der Waals surface area contributed by atoms with Crippen molar-refractivity contribution in [1.29, 1.82) is 0 Å². The Morgan fingerprint density at radius 1 is 0.558 bits per heavy atom. The summed E-state index contributed by atoms with van der Waals surface area (Å²) >= 11 is 0. The topological polar surface area (TPSA) is 26.3 Å². The summed E-state index contributed by atoms with van der Waals surface area (Å²) in [4.78, 5) is 12.3. The van der Waals surface area contributed by atoms with Crippen LogP contribution >= 0.6 is 0 Å². The van der Waals surface area contributed by atoms with E-state index in [1.54, 1.807) is 23.8 Å². The van der Waals surface area contributed by atoms with Gasteiger partial charge in [0.1, 0.15) is 5.60 Å². The van der Waals surface area contributed by atoms with Crippen molar-refractivity contribution in [2.24, 2.45) is 17.8 Å². The standard InChI is InChI=1S/C41H74O2/c1-33(2)19-14-22-36(5)25-17-28-37(6)26-15-23-34(3)20-12-13-21-35(4)24-16-27-38(7)29-18-30-39(8)31-32-40(42)41(9,10)43-11/h19,21,23,25,37-39H,12-18,20,22,24,26-32H2,1-11H3/b34-23+,35-21+,36-25+/t37-,38?,39?/m0/s1. The van der Waals surface area contributed by atoms with Crippen molar-refractivity contribution in [2.75, 3.05) is 7.11 Å². The van der Waals surface area contributed by atoms with Crippen molar-refractivity contribution >= 4 is 5.78 Å². The summed E-state index contributed by atoms with van der Waals surface area (Å²) in [5, 5.41) is 0. The highest BCUT2D eigenvalue weighted by molar-refractivity contribution is 5.86. The van der Waals surface area contributed by atoms with Gasteiger partial charge in [0.2, 0.25) is 0 Å². The second kappa shape index (κ2) is 24.9. The molecule has 43 heavy (non-hydrogen) atoms. The fourth-order valence-corrected chi connectivity index (χ4v) is 5.62. The van der Waals surface area contributed by atoms with Crippen molar-refractivity contribution in [2.45, 2.75) is 184 Å². The van der Waals surface area contributed by atoms with Crippen molar-refractivity contribution < 1.29 is 9.53 Å². The number of Topliss-reactive ketones (excluding diaryl/α,β-unsaturated/α-hetero) is 1. The maximum atomic E-state index is 12.3. The number of allylic oxidation sites excluding steroid dienone is 8. The largest absolute Gasteiger partial charge is 0.371 e. The van der Waals surface area contributed by atoms with Gasteiger partial charge in [-0.15, -0.1) is 0 Å². The van der Waals surface area contributed by atoms with Gasteiger partial charge in [0, 0.05) is 13.5 Å². The molecule has 2 unspecified atom stereocenters. The van der Waals surface area contributed by atoms with E-state index in [0.717, 1.165) is 18.3 Å². The predicted molar refractivity (Wildman–Crippen MR) is 193 cm³/mol. The molecule has 0 rings (SSSR count). The zero-order chi connectivity index (χ0) is 32.7. The molecule has 0 radical (unpaired) electrons. The molecule has 0 spiro atoms. The molecule has 2 heteroatoms. The molecule has 250 valence electrons. The summed E-state index contributed by atoms with van der Waals surface area (Å²) in [6.07, 6.45) is 30.3. The number of methoxy groups -OCH3 is 1. The van der Waals surface area contributed by atoms with Crippen molar-refractivity contribution in [1.82, 2.24) is 0 Å². The number of carbonyl (C=O) groups excluding carboxylic acids is 1. The Morgan fingerprint density at radius 3 is 1.58 bits per heavy atom. The maximum Gasteiger partial charge on any atom is 0.164 e. The fraction of sp³-hybridized carbons (Fsp3) is 0.780. The van der Waals surface area contributed by atoms with E-state index < -0.39 is 5.60 Å². The minimum absolute atomic E-state index is 0.224. The molecule has 0 N–H and O–H groups in total. The summed E-state index contributed by atoms with van der Waals surface area (Å²) in [5.41, 5.74) is 5.48. The normalized spacial score (nSPS) is 15.4. The van der Waals surface area contributed by atoms with E-state index in [-0.39, 0.29) is 5.78 Å². The van der Waals surface area contributed by atoms with Crippen molar-refractivity contribution in [3.63, 3.8) is 0 Å². The van der Waals surface area contributed by atoms with Crippen LogP contribution in [0.2, 0.25) is 0 Å². The Labute approximate surface area is 270 Å². The molecule has 0 aromatic rings. The lowest BCUT2D eigenvalue weighted by molar-refractivity contribution is -0.137. The van der Waals surface area contributed by atoms with E-state index in [9.17, 15) is 4.79 Å². The van der Waals surface area contributed by atoms with Crippen molar-refractivity contribution in [3.05, 3.63) is 46.6 Å². The predicted octanol–water partition coefficient (Wildman–Crippen LogP) is 13.3. The quantitative estimate of drug-likeness (QED) is 0.0731. The molecule has 0 aromatic heterocycles. The minimum atomic E-state index is -0.641. The molecule has 0 aliphatic heterocycles. The average Bonchev–Trinajstić information content (AvgIpc) is 2.93. The molecule has 0 bridgehead atoms. The van der Waals surface area contributed by atoms with E-state index in [4.69, 9.17) is 4.74 Å². The van der Waals surface area contributed by atoms with Crippen molar-refractivity contribution in [3.8, 4) is 0 Å². The molecule has 0 fully saturated rings. The summed E-state index contributed by atoms with van der Waals surface area (Å²) in [7, 11) is 1.62. The van der Waals surface area contributed by atoms with Gasteiger partial charge < -0.3 is 4.74 Å². The molecule has 0 amide bonds. The zero-order valence-corrected chi connectivity index (χ0v) is 30.9. The van der Waals surface area contributed by atoms with E-state index in [2.05, 4.69) is 79.7 Å².